The zero-order valence-electron chi connectivity index (χ0n) is 18.4. The van der Waals surface area contributed by atoms with Gasteiger partial charge in [-0.2, -0.15) is 0 Å². The van der Waals surface area contributed by atoms with Crippen LogP contribution in [-0.4, -0.2) is 25.7 Å². The summed E-state index contributed by atoms with van der Waals surface area (Å²) in [5.74, 6) is 1.27. The number of aryl methyl sites for hydroxylation is 2. The number of aromatic nitrogens is 4. The Kier molecular flexibility index (Phi) is 6.16. The summed E-state index contributed by atoms with van der Waals surface area (Å²) in [6, 6.07) is 10.3. The number of oxazole rings is 1. The van der Waals surface area contributed by atoms with Gasteiger partial charge in [0.25, 0.3) is 0 Å². The van der Waals surface area contributed by atoms with Gasteiger partial charge in [0, 0.05) is 37.1 Å². The highest BCUT2D eigenvalue weighted by Gasteiger charge is 2.19. The fourth-order valence-electron chi connectivity index (χ4n) is 4.08. The second-order valence-corrected chi connectivity index (χ2v) is 8.27. The van der Waals surface area contributed by atoms with Gasteiger partial charge in [-0.3, -0.25) is 4.79 Å². The molecule has 0 saturated heterocycles. The topological polar surface area (TPSA) is 85.8 Å². The molecule has 0 radical (unpaired) electrons. The standard InChI is InChI=1S/C25H23F2N5O2/c26-17-7-5-16(6-8-17)21-15-28-24(34-21)12-11-23(33)29-18-9-10-20(27)19(14-18)25-31-30-22-4-2-1-3-13-32(22)25/h5-10,14-15H,1-4,11-13H2,(H,29,33). The quantitative estimate of drug-likeness (QED) is 0.426. The fourth-order valence-corrected chi connectivity index (χ4v) is 4.08. The van der Waals surface area contributed by atoms with Crippen molar-refractivity contribution in [3.05, 3.63) is 72.0 Å². The summed E-state index contributed by atoms with van der Waals surface area (Å²) in [7, 11) is 0. The first kappa shape index (κ1) is 21.9. The summed E-state index contributed by atoms with van der Waals surface area (Å²) >= 11 is 0. The van der Waals surface area contributed by atoms with Gasteiger partial charge < -0.3 is 14.3 Å². The number of hydrogen-bond acceptors (Lipinski definition) is 5. The minimum Gasteiger partial charge on any atom is -0.441 e. The first-order chi connectivity index (χ1) is 16.6. The van der Waals surface area contributed by atoms with Crippen LogP contribution in [-0.2, 0) is 24.2 Å². The Morgan fingerprint density at radius 1 is 1.06 bits per heavy atom. The molecule has 1 aliphatic rings. The Morgan fingerprint density at radius 2 is 1.91 bits per heavy atom. The lowest BCUT2D eigenvalue weighted by Gasteiger charge is -2.10. The summed E-state index contributed by atoms with van der Waals surface area (Å²) in [6.07, 6.45) is 5.96. The zero-order valence-corrected chi connectivity index (χ0v) is 18.4. The second kappa shape index (κ2) is 9.54. The fraction of sp³-hybridized carbons (Fsp3) is 0.280. The maximum atomic E-state index is 14.6. The Hall–Kier alpha value is -3.88. The molecule has 7 nitrogen and oxygen atoms in total. The van der Waals surface area contributed by atoms with Crippen molar-refractivity contribution >= 4 is 11.6 Å². The van der Waals surface area contributed by atoms with Crippen molar-refractivity contribution in [3.63, 3.8) is 0 Å². The van der Waals surface area contributed by atoms with E-state index in [-0.39, 0.29) is 18.1 Å². The van der Waals surface area contributed by atoms with Crippen LogP contribution < -0.4 is 5.32 Å². The smallest absolute Gasteiger partial charge is 0.224 e. The molecule has 9 heteroatoms. The number of nitrogens with one attached hydrogen (secondary N) is 1. The third-order valence-electron chi connectivity index (χ3n) is 5.85. The lowest BCUT2D eigenvalue weighted by Crippen LogP contribution is -2.13. The molecule has 0 atom stereocenters. The Bertz CT molecular complexity index is 1310. The number of benzene rings is 2. The van der Waals surface area contributed by atoms with Crippen LogP contribution in [0.4, 0.5) is 14.5 Å². The van der Waals surface area contributed by atoms with E-state index in [9.17, 15) is 13.6 Å². The van der Waals surface area contributed by atoms with E-state index in [1.807, 2.05) is 4.57 Å². The van der Waals surface area contributed by atoms with Gasteiger partial charge in [-0.25, -0.2) is 13.8 Å². The van der Waals surface area contributed by atoms with Crippen molar-refractivity contribution in [2.75, 3.05) is 5.32 Å². The van der Waals surface area contributed by atoms with Crippen molar-refractivity contribution < 1.29 is 18.0 Å². The predicted molar refractivity (Wildman–Crippen MR) is 122 cm³/mol. The molecule has 0 fully saturated rings. The third-order valence-corrected chi connectivity index (χ3v) is 5.85. The maximum absolute atomic E-state index is 14.6. The first-order valence-corrected chi connectivity index (χ1v) is 11.3. The Labute approximate surface area is 194 Å². The van der Waals surface area contributed by atoms with Crippen molar-refractivity contribution in [1.82, 2.24) is 19.7 Å². The molecule has 0 spiro atoms. The monoisotopic (exact) mass is 463 g/mol. The van der Waals surface area contributed by atoms with Gasteiger partial charge in [0.1, 0.15) is 17.5 Å². The van der Waals surface area contributed by atoms with Crippen LogP contribution in [0.15, 0.2) is 53.1 Å². The maximum Gasteiger partial charge on any atom is 0.224 e. The van der Waals surface area contributed by atoms with Crippen LogP contribution in [0.25, 0.3) is 22.7 Å². The van der Waals surface area contributed by atoms with Gasteiger partial charge >= 0.3 is 0 Å². The number of fused-ring (bicyclic) bond motifs is 1. The SMILES string of the molecule is O=C(CCc1ncc(-c2ccc(F)cc2)o1)Nc1ccc(F)c(-c2nnc3n2CCCCC3)c1. The summed E-state index contributed by atoms with van der Waals surface area (Å²) in [5, 5.41) is 11.3. The minimum absolute atomic E-state index is 0.135. The van der Waals surface area contributed by atoms with Crippen molar-refractivity contribution in [3.8, 4) is 22.7 Å². The van der Waals surface area contributed by atoms with Crippen molar-refractivity contribution in [2.45, 2.75) is 45.1 Å². The van der Waals surface area contributed by atoms with E-state index < -0.39 is 5.82 Å². The molecule has 0 bridgehead atoms. The zero-order chi connectivity index (χ0) is 23.5. The van der Waals surface area contributed by atoms with E-state index in [1.165, 1.54) is 24.3 Å². The Morgan fingerprint density at radius 3 is 2.76 bits per heavy atom. The number of rotatable bonds is 6. The van der Waals surface area contributed by atoms with Gasteiger partial charge in [-0.15, -0.1) is 10.2 Å². The average molecular weight is 463 g/mol. The number of amides is 1. The molecule has 0 aliphatic carbocycles. The molecule has 1 aliphatic heterocycles. The number of anilines is 1. The lowest BCUT2D eigenvalue weighted by atomic mass is 10.1. The summed E-state index contributed by atoms with van der Waals surface area (Å²) in [6.45, 7) is 0.754. The average Bonchev–Trinajstić information content (AvgIpc) is 3.40. The van der Waals surface area contributed by atoms with Crippen molar-refractivity contribution in [2.24, 2.45) is 0 Å². The van der Waals surface area contributed by atoms with E-state index in [0.717, 1.165) is 38.1 Å². The largest absolute Gasteiger partial charge is 0.441 e. The lowest BCUT2D eigenvalue weighted by molar-refractivity contribution is -0.116. The number of carbonyl (C=O) groups is 1. The molecular weight excluding hydrogens is 440 g/mol. The highest BCUT2D eigenvalue weighted by atomic mass is 19.1. The van der Waals surface area contributed by atoms with Crippen molar-refractivity contribution in [1.29, 1.82) is 0 Å². The second-order valence-electron chi connectivity index (χ2n) is 8.27. The number of halogens is 2. The van der Waals surface area contributed by atoms with Gasteiger partial charge in [0.05, 0.1) is 11.8 Å². The summed E-state index contributed by atoms with van der Waals surface area (Å²) in [5.41, 5.74) is 1.50. The molecule has 2 aromatic carbocycles. The molecular formula is C25H23F2N5O2. The van der Waals surface area contributed by atoms with E-state index >= 15 is 0 Å². The third kappa shape index (κ3) is 4.73. The highest BCUT2D eigenvalue weighted by molar-refractivity contribution is 5.91. The molecule has 174 valence electrons. The molecule has 1 amide bonds. The highest BCUT2D eigenvalue weighted by Crippen LogP contribution is 2.28. The van der Waals surface area contributed by atoms with Gasteiger partial charge in [0.2, 0.25) is 5.91 Å². The van der Waals surface area contributed by atoms with E-state index in [4.69, 9.17) is 4.42 Å². The summed E-state index contributed by atoms with van der Waals surface area (Å²) < 4.78 is 35.4. The molecule has 0 unspecified atom stereocenters. The minimum atomic E-state index is -0.412. The molecule has 1 N–H and O–H groups in total. The van der Waals surface area contributed by atoms with Crippen LogP contribution >= 0.6 is 0 Å². The molecule has 0 saturated carbocycles. The number of nitrogens with zero attached hydrogens (tertiary/aromatic N) is 4. The first-order valence-electron chi connectivity index (χ1n) is 11.3. The summed E-state index contributed by atoms with van der Waals surface area (Å²) in [4.78, 5) is 16.7. The molecule has 3 heterocycles. The van der Waals surface area contributed by atoms with Crippen LogP contribution in [0, 0.1) is 11.6 Å². The van der Waals surface area contributed by atoms with Crippen LogP contribution in [0.2, 0.25) is 0 Å². The predicted octanol–water partition coefficient (Wildman–Crippen LogP) is 5.18. The van der Waals surface area contributed by atoms with Gasteiger partial charge in [0.15, 0.2) is 17.5 Å². The Balaban J connectivity index is 1.24. The van der Waals surface area contributed by atoms with E-state index in [0.29, 0.717) is 40.7 Å². The van der Waals surface area contributed by atoms with Crippen LogP contribution in [0.3, 0.4) is 0 Å². The number of carbonyl (C=O) groups excluding carboxylic acids is 1. The van der Waals surface area contributed by atoms with E-state index in [2.05, 4.69) is 20.5 Å². The van der Waals surface area contributed by atoms with Gasteiger partial charge in [-0.1, -0.05) is 6.42 Å². The van der Waals surface area contributed by atoms with E-state index in [1.54, 1.807) is 24.4 Å². The number of hydrogen-bond donors (Lipinski definition) is 1. The molecule has 5 rings (SSSR count). The van der Waals surface area contributed by atoms with Crippen LogP contribution in [0.1, 0.15) is 37.4 Å². The molecule has 2 aromatic heterocycles. The molecule has 34 heavy (non-hydrogen) atoms. The normalized spacial score (nSPS) is 13.4. The van der Waals surface area contributed by atoms with Gasteiger partial charge in [-0.05, 0) is 55.3 Å². The van der Waals surface area contributed by atoms with Crippen LogP contribution in [0.5, 0.6) is 0 Å². The molecule has 4 aromatic rings.